The highest BCUT2D eigenvalue weighted by atomic mass is 16.4. The first-order valence-electron chi connectivity index (χ1n) is 5.61. The Morgan fingerprint density at radius 2 is 2.33 bits per heavy atom. The minimum absolute atomic E-state index is 0.0907. The van der Waals surface area contributed by atoms with Crippen molar-refractivity contribution in [3.63, 3.8) is 0 Å². The van der Waals surface area contributed by atoms with Crippen molar-refractivity contribution in [1.29, 1.82) is 0 Å². The molecule has 0 bridgehead atoms. The average Bonchev–Trinajstić information content (AvgIpc) is 2.60. The lowest BCUT2D eigenvalue weighted by Gasteiger charge is -2.10. The minimum Gasteiger partial charge on any atom is -0.478 e. The molecule has 1 heterocycles. The van der Waals surface area contributed by atoms with Crippen LogP contribution in [0.3, 0.4) is 0 Å². The predicted octanol–water partition coefficient (Wildman–Crippen LogP) is 1.26. The maximum absolute atomic E-state index is 11.5. The maximum Gasteiger partial charge on any atom is 0.328 e. The van der Waals surface area contributed by atoms with Crippen LogP contribution in [-0.4, -0.2) is 30.6 Å². The molecule has 1 aromatic carbocycles. The van der Waals surface area contributed by atoms with E-state index in [0.717, 1.165) is 23.0 Å². The second-order valence-electron chi connectivity index (χ2n) is 4.09. The standard InChI is InChI=1S/C13H14N2O3/c1-15-11-5-4-10(7-9(11)8-12(15)16)14-6-2-3-13(17)18/h2-5,7,14H,6,8H2,1H3,(H,17,18)/b3-2+. The fourth-order valence-corrected chi connectivity index (χ4v) is 1.92. The summed E-state index contributed by atoms with van der Waals surface area (Å²) in [4.78, 5) is 23.4. The van der Waals surface area contributed by atoms with Crippen molar-refractivity contribution in [1.82, 2.24) is 0 Å². The van der Waals surface area contributed by atoms with Gasteiger partial charge in [0.25, 0.3) is 0 Å². The van der Waals surface area contributed by atoms with Gasteiger partial charge in [0.2, 0.25) is 5.91 Å². The van der Waals surface area contributed by atoms with Crippen molar-refractivity contribution >= 4 is 23.3 Å². The quantitative estimate of drug-likeness (QED) is 0.785. The van der Waals surface area contributed by atoms with Gasteiger partial charge in [-0.3, -0.25) is 4.79 Å². The number of carboxylic acid groups (broad SMARTS) is 1. The van der Waals surface area contributed by atoms with E-state index in [0.29, 0.717) is 13.0 Å². The molecule has 5 heteroatoms. The van der Waals surface area contributed by atoms with Gasteiger partial charge in [0.05, 0.1) is 6.42 Å². The summed E-state index contributed by atoms with van der Waals surface area (Å²) in [6.45, 7) is 0.439. The van der Waals surface area contributed by atoms with Crippen LogP contribution in [0.2, 0.25) is 0 Å². The number of nitrogens with one attached hydrogen (secondary N) is 1. The Bertz CT molecular complexity index is 523. The van der Waals surface area contributed by atoms with E-state index in [2.05, 4.69) is 5.32 Å². The molecule has 0 radical (unpaired) electrons. The molecule has 0 saturated carbocycles. The zero-order valence-electron chi connectivity index (χ0n) is 10.0. The molecule has 2 rings (SSSR count). The van der Waals surface area contributed by atoms with E-state index in [1.165, 1.54) is 6.08 Å². The Labute approximate surface area is 105 Å². The van der Waals surface area contributed by atoms with Gasteiger partial charge in [-0.25, -0.2) is 4.79 Å². The summed E-state index contributed by atoms with van der Waals surface area (Å²) in [5.41, 5.74) is 2.81. The fourth-order valence-electron chi connectivity index (χ4n) is 1.92. The van der Waals surface area contributed by atoms with Crippen molar-refractivity contribution in [3.05, 3.63) is 35.9 Å². The first-order chi connectivity index (χ1) is 8.58. The second-order valence-corrected chi connectivity index (χ2v) is 4.09. The number of anilines is 2. The molecule has 0 fully saturated rings. The zero-order valence-corrected chi connectivity index (χ0v) is 10.0. The number of nitrogens with zero attached hydrogens (tertiary/aromatic N) is 1. The van der Waals surface area contributed by atoms with E-state index < -0.39 is 5.97 Å². The number of hydrogen-bond donors (Lipinski definition) is 2. The highest BCUT2D eigenvalue weighted by Crippen LogP contribution is 2.29. The van der Waals surface area contributed by atoms with E-state index in [1.807, 2.05) is 18.2 Å². The monoisotopic (exact) mass is 246 g/mol. The summed E-state index contributed by atoms with van der Waals surface area (Å²) in [6.07, 6.45) is 3.05. The molecule has 1 amide bonds. The molecule has 94 valence electrons. The summed E-state index contributed by atoms with van der Waals surface area (Å²) in [7, 11) is 1.76. The average molecular weight is 246 g/mol. The predicted molar refractivity (Wildman–Crippen MR) is 68.8 cm³/mol. The van der Waals surface area contributed by atoms with Gasteiger partial charge < -0.3 is 15.3 Å². The molecule has 0 aliphatic carbocycles. The highest BCUT2D eigenvalue weighted by Gasteiger charge is 2.23. The van der Waals surface area contributed by atoms with Crippen LogP contribution in [0.4, 0.5) is 11.4 Å². The Morgan fingerprint density at radius 3 is 3.06 bits per heavy atom. The summed E-state index contributed by atoms with van der Waals surface area (Å²) < 4.78 is 0. The molecule has 1 aliphatic heterocycles. The van der Waals surface area contributed by atoms with Crippen LogP contribution in [0.1, 0.15) is 5.56 Å². The Hall–Kier alpha value is -2.30. The number of fused-ring (bicyclic) bond motifs is 1. The van der Waals surface area contributed by atoms with Crippen molar-refractivity contribution in [2.45, 2.75) is 6.42 Å². The third kappa shape index (κ3) is 2.51. The third-order valence-corrected chi connectivity index (χ3v) is 2.84. The summed E-state index contributed by atoms with van der Waals surface area (Å²) >= 11 is 0. The Kier molecular flexibility index (Phi) is 3.32. The smallest absolute Gasteiger partial charge is 0.328 e. The topological polar surface area (TPSA) is 69.6 Å². The Morgan fingerprint density at radius 1 is 1.56 bits per heavy atom. The lowest BCUT2D eigenvalue weighted by Crippen LogP contribution is -2.20. The first-order valence-corrected chi connectivity index (χ1v) is 5.61. The van der Waals surface area contributed by atoms with Crippen LogP contribution in [0.5, 0.6) is 0 Å². The molecular weight excluding hydrogens is 232 g/mol. The van der Waals surface area contributed by atoms with Gasteiger partial charge in [-0.15, -0.1) is 0 Å². The molecule has 18 heavy (non-hydrogen) atoms. The summed E-state index contributed by atoms with van der Waals surface area (Å²) in [5.74, 6) is -0.870. The lowest BCUT2D eigenvalue weighted by atomic mass is 10.1. The molecule has 0 aromatic heterocycles. The van der Waals surface area contributed by atoms with E-state index in [9.17, 15) is 9.59 Å². The number of likely N-dealkylation sites (N-methyl/N-ethyl adjacent to an activating group) is 1. The van der Waals surface area contributed by atoms with Crippen molar-refractivity contribution in [3.8, 4) is 0 Å². The number of benzene rings is 1. The van der Waals surface area contributed by atoms with Crippen molar-refractivity contribution < 1.29 is 14.7 Å². The second kappa shape index (κ2) is 4.91. The van der Waals surface area contributed by atoms with Crippen LogP contribution >= 0.6 is 0 Å². The normalized spacial score (nSPS) is 14.1. The van der Waals surface area contributed by atoms with Crippen LogP contribution in [0.25, 0.3) is 0 Å². The summed E-state index contributed by atoms with van der Waals surface area (Å²) in [5, 5.41) is 11.5. The lowest BCUT2D eigenvalue weighted by molar-refractivity contribution is -0.131. The first kappa shape index (κ1) is 12.2. The van der Waals surface area contributed by atoms with E-state index in [-0.39, 0.29) is 5.91 Å². The number of carboxylic acids is 1. The van der Waals surface area contributed by atoms with Crippen LogP contribution in [0, 0.1) is 0 Å². The van der Waals surface area contributed by atoms with Gasteiger partial charge in [-0.1, -0.05) is 6.08 Å². The molecule has 0 spiro atoms. The largest absolute Gasteiger partial charge is 0.478 e. The van der Waals surface area contributed by atoms with Crippen molar-refractivity contribution in [2.24, 2.45) is 0 Å². The van der Waals surface area contributed by atoms with Crippen molar-refractivity contribution in [2.75, 3.05) is 23.8 Å². The SMILES string of the molecule is CN1C(=O)Cc2cc(NC/C=C/C(=O)O)ccc21. The molecule has 2 N–H and O–H groups in total. The third-order valence-electron chi connectivity index (χ3n) is 2.84. The van der Waals surface area contributed by atoms with E-state index in [1.54, 1.807) is 11.9 Å². The van der Waals surface area contributed by atoms with Crippen LogP contribution < -0.4 is 10.2 Å². The van der Waals surface area contributed by atoms with Gasteiger partial charge in [-0.05, 0) is 23.8 Å². The van der Waals surface area contributed by atoms with E-state index in [4.69, 9.17) is 5.11 Å². The summed E-state index contributed by atoms with van der Waals surface area (Å²) in [6, 6.07) is 5.69. The number of rotatable bonds is 4. The fraction of sp³-hybridized carbons (Fsp3) is 0.231. The zero-order chi connectivity index (χ0) is 13.1. The molecule has 0 atom stereocenters. The number of carbonyl (C=O) groups is 2. The minimum atomic E-state index is -0.960. The molecule has 1 aromatic rings. The molecule has 1 aliphatic rings. The molecule has 0 saturated heterocycles. The van der Waals surface area contributed by atoms with Crippen LogP contribution in [0.15, 0.2) is 30.4 Å². The number of carbonyl (C=O) groups excluding carboxylic acids is 1. The number of hydrogen-bond acceptors (Lipinski definition) is 3. The maximum atomic E-state index is 11.5. The van der Waals surface area contributed by atoms with Gasteiger partial charge in [-0.2, -0.15) is 0 Å². The highest BCUT2D eigenvalue weighted by molar-refractivity contribution is 6.01. The molecule has 0 unspecified atom stereocenters. The number of aliphatic carboxylic acids is 1. The van der Waals surface area contributed by atoms with Gasteiger partial charge in [0.15, 0.2) is 0 Å². The van der Waals surface area contributed by atoms with Gasteiger partial charge >= 0.3 is 5.97 Å². The number of amides is 1. The van der Waals surface area contributed by atoms with Gasteiger partial charge in [0, 0.05) is 31.0 Å². The van der Waals surface area contributed by atoms with Crippen LogP contribution in [-0.2, 0) is 16.0 Å². The molecular formula is C13H14N2O3. The molecule has 5 nitrogen and oxygen atoms in total. The Balaban J connectivity index is 2.03. The van der Waals surface area contributed by atoms with Gasteiger partial charge in [0.1, 0.15) is 0 Å². The van der Waals surface area contributed by atoms with E-state index >= 15 is 0 Å².